The van der Waals surface area contributed by atoms with Crippen LogP contribution in [-0.2, 0) is 0 Å². The number of rotatable bonds is 4. The molecular formula is C19H12FN3O2S. The largest absolute Gasteiger partial charge is 0.334 e. The smallest absolute Gasteiger partial charge is 0.265 e. The topological polar surface area (TPSA) is 68.0 Å². The van der Waals surface area contributed by atoms with Crippen LogP contribution in [0, 0.1) is 5.82 Å². The number of hydrogen-bond donors (Lipinski definition) is 1. The third-order valence-electron chi connectivity index (χ3n) is 3.66. The number of benzene rings is 2. The Balaban J connectivity index is 1.50. The Morgan fingerprint density at radius 1 is 1.00 bits per heavy atom. The van der Waals surface area contributed by atoms with Crippen molar-refractivity contribution in [2.24, 2.45) is 0 Å². The number of carbonyl (C=O) groups excluding carboxylic acids is 1. The Hall–Kier alpha value is -3.32. The van der Waals surface area contributed by atoms with E-state index in [0.29, 0.717) is 27.8 Å². The Kier molecular flexibility index (Phi) is 4.28. The fourth-order valence-corrected chi connectivity index (χ4v) is 2.97. The molecule has 0 aliphatic heterocycles. The van der Waals surface area contributed by atoms with Gasteiger partial charge < -0.3 is 9.84 Å². The minimum Gasteiger partial charge on any atom is -0.334 e. The van der Waals surface area contributed by atoms with Gasteiger partial charge in [-0.25, -0.2) is 4.39 Å². The van der Waals surface area contributed by atoms with Crippen molar-refractivity contribution in [3.8, 4) is 22.8 Å². The van der Waals surface area contributed by atoms with E-state index >= 15 is 0 Å². The monoisotopic (exact) mass is 365 g/mol. The van der Waals surface area contributed by atoms with E-state index in [-0.39, 0.29) is 11.7 Å². The number of nitrogens with one attached hydrogen (secondary N) is 1. The molecule has 0 aliphatic carbocycles. The lowest BCUT2D eigenvalue weighted by Crippen LogP contribution is -2.09. The van der Waals surface area contributed by atoms with Crippen LogP contribution in [0.4, 0.5) is 10.1 Å². The second-order valence-corrected chi connectivity index (χ2v) is 6.39. The molecule has 1 N–H and O–H groups in total. The average Bonchev–Trinajstić information content (AvgIpc) is 3.35. The molecule has 0 radical (unpaired) electrons. The van der Waals surface area contributed by atoms with Gasteiger partial charge in [-0.05, 0) is 60.0 Å². The standard InChI is InChI=1S/C19H12FN3O2S/c20-14-7-3-13(4-8-14)19-22-17(23-25-19)12-5-9-15(10-6-12)21-18(24)16-2-1-11-26-16/h1-11H,(H,21,24). The highest BCUT2D eigenvalue weighted by Crippen LogP contribution is 2.24. The molecule has 0 unspecified atom stereocenters. The van der Waals surface area contributed by atoms with Crippen molar-refractivity contribution in [2.75, 3.05) is 5.32 Å². The van der Waals surface area contributed by atoms with E-state index in [9.17, 15) is 9.18 Å². The summed E-state index contributed by atoms with van der Waals surface area (Å²) < 4.78 is 18.2. The minimum absolute atomic E-state index is 0.147. The summed E-state index contributed by atoms with van der Waals surface area (Å²) in [4.78, 5) is 17.0. The van der Waals surface area contributed by atoms with Gasteiger partial charge in [0.2, 0.25) is 5.82 Å². The molecule has 2 aromatic heterocycles. The number of nitrogens with zero attached hydrogens (tertiary/aromatic N) is 2. The first kappa shape index (κ1) is 16.2. The zero-order valence-electron chi connectivity index (χ0n) is 13.3. The van der Waals surface area contributed by atoms with E-state index in [1.807, 2.05) is 11.4 Å². The van der Waals surface area contributed by atoms with Gasteiger partial charge in [-0.2, -0.15) is 4.98 Å². The normalized spacial score (nSPS) is 10.7. The molecule has 4 aromatic rings. The van der Waals surface area contributed by atoms with E-state index in [2.05, 4.69) is 15.5 Å². The van der Waals surface area contributed by atoms with Crippen molar-refractivity contribution < 1.29 is 13.7 Å². The Bertz CT molecular complexity index is 1030. The number of thiophene rings is 1. The number of halogens is 1. The maximum Gasteiger partial charge on any atom is 0.265 e. The molecule has 0 spiro atoms. The van der Waals surface area contributed by atoms with Crippen molar-refractivity contribution in [3.63, 3.8) is 0 Å². The molecule has 0 saturated heterocycles. The van der Waals surface area contributed by atoms with Crippen LogP contribution < -0.4 is 5.32 Å². The number of carbonyl (C=O) groups is 1. The van der Waals surface area contributed by atoms with Crippen molar-refractivity contribution in [1.82, 2.24) is 10.1 Å². The molecular weight excluding hydrogens is 353 g/mol. The van der Waals surface area contributed by atoms with Crippen molar-refractivity contribution in [1.29, 1.82) is 0 Å². The van der Waals surface area contributed by atoms with Gasteiger partial charge in [-0.1, -0.05) is 11.2 Å². The average molecular weight is 365 g/mol. The van der Waals surface area contributed by atoms with Crippen molar-refractivity contribution in [2.45, 2.75) is 0 Å². The molecule has 5 nitrogen and oxygen atoms in total. The van der Waals surface area contributed by atoms with Crippen LogP contribution in [0.1, 0.15) is 9.67 Å². The first-order chi connectivity index (χ1) is 12.7. The second kappa shape index (κ2) is 6.89. The highest BCUT2D eigenvalue weighted by molar-refractivity contribution is 7.12. The van der Waals surface area contributed by atoms with Crippen LogP contribution in [-0.4, -0.2) is 16.0 Å². The number of anilines is 1. The molecule has 0 saturated carbocycles. The lowest BCUT2D eigenvalue weighted by molar-refractivity contribution is 0.103. The Labute approximate surface area is 152 Å². The summed E-state index contributed by atoms with van der Waals surface area (Å²) in [5, 5.41) is 8.64. The Morgan fingerprint density at radius 2 is 1.73 bits per heavy atom. The summed E-state index contributed by atoms with van der Waals surface area (Å²) in [6.45, 7) is 0. The van der Waals surface area contributed by atoms with Crippen LogP contribution >= 0.6 is 11.3 Å². The molecule has 2 aromatic carbocycles. The first-order valence-electron chi connectivity index (χ1n) is 7.74. The first-order valence-corrected chi connectivity index (χ1v) is 8.62. The predicted octanol–water partition coefficient (Wildman–Crippen LogP) is 4.86. The number of aromatic nitrogens is 2. The SMILES string of the molecule is O=C(Nc1ccc(-c2noc(-c3ccc(F)cc3)n2)cc1)c1cccs1. The molecule has 0 bridgehead atoms. The summed E-state index contributed by atoms with van der Waals surface area (Å²) in [5.41, 5.74) is 2.07. The third-order valence-corrected chi connectivity index (χ3v) is 4.53. The maximum absolute atomic E-state index is 13.0. The molecule has 0 atom stereocenters. The van der Waals surface area contributed by atoms with Gasteiger partial charge in [0.05, 0.1) is 4.88 Å². The van der Waals surface area contributed by atoms with Gasteiger partial charge in [0, 0.05) is 16.8 Å². The molecule has 7 heteroatoms. The van der Waals surface area contributed by atoms with Gasteiger partial charge in [-0.3, -0.25) is 4.79 Å². The van der Waals surface area contributed by atoms with E-state index in [1.165, 1.54) is 23.5 Å². The quantitative estimate of drug-likeness (QED) is 0.561. The molecule has 26 heavy (non-hydrogen) atoms. The minimum atomic E-state index is -0.325. The lowest BCUT2D eigenvalue weighted by atomic mass is 10.2. The fraction of sp³-hybridized carbons (Fsp3) is 0. The van der Waals surface area contributed by atoms with E-state index in [0.717, 1.165) is 5.56 Å². The van der Waals surface area contributed by atoms with Crippen molar-refractivity contribution in [3.05, 3.63) is 76.7 Å². The van der Waals surface area contributed by atoms with Gasteiger partial charge in [0.15, 0.2) is 0 Å². The van der Waals surface area contributed by atoms with E-state index in [1.54, 1.807) is 42.5 Å². The van der Waals surface area contributed by atoms with Crippen LogP contribution in [0.2, 0.25) is 0 Å². The van der Waals surface area contributed by atoms with Crippen LogP contribution in [0.25, 0.3) is 22.8 Å². The van der Waals surface area contributed by atoms with Gasteiger partial charge in [-0.15, -0.1) is 11.3 Å². The summed E-state index contributed by atoms with van der Waals surface area (Å²) >= 11 is 1.38. The molecule has 0 aliphatic rings. The summed E-state index contributed by atoms with van der Waals surface area (Å²) in [6.07, 6.45) is 0. The maximum atomic E-state index is 13.0. The second-order valence-electron chi connectivity index (χ2n) is 5.44. The van der Waals surface area contributed by atoms with E-state index in [4.69, 9.17) is 4.52 Å². The van der Waals surface area contributed by atoms with E-state index < -0.39 is 0 Å². The molecule has 0 fully saturated rings. The predicted molar refractivity (Wildman–Crippen MR) is 97.4 cm³/mol. The molecule has 1 amide bonds. The zero-order valence-corrected chi connectivity index (χ0v) is 14.2. The Morgan fingerprint density at radius 3 is 2.42 bits per heavy atom. The highest BCUT2D eigenvalue weighted by atomic mass is 32.1. The van der Waals surface area contributed by atoms with Gasteiger partial charge >= 0.3 is 0 Å². The third kappa shape index (κ3) is 3.38. The van der Waals surface area contributed by atoms with Gasteiger partial charge in [0.25, 0.3) is 11.8 Å². The summed E-state index contributed by atoms with van der Waals surface area (Å²) in [6, 6.07) is 16.6. The molecule has 4 rings (SSSR count). The summed E-state index contributed by atoms with van der Waals surface area (Å²) in [5.74, 6) is 0.259. The van der Waals surface area contributed by atoms with Crippen molar-refractivity contribution >= 4 is 22.9 Å². The summed E-state index contributed by atoms with van der Waals surface area (Å²) in [7, 11) is 0. The highest BCUT2D eigenvalue weighted by Gasteiger charge is 2.11. The number of hydrogen-bond acceptors (Lipinski definition) is 5. The van der Waals surface area contributed by atoms with Crippen LogP contribution in [0.3, 0.4) is 0 Å². The molecule has 2 heterocycles. The zero-order chi connectivity index (χ0) is 17.9. The van der Waals surface area contributed by atoms with Gasteiger partial charge in [0.1, 0.15) is 5.82 Å². The van der Waals surface area contributed by atoms with Crippen LogP contribution in [0.15, 0.2) is 70.6 Å². The fourth-order valence-electron chi connectivity index (χ4n) is 2.35. The molecule has 128 valence electrons. The van der Waals surface area contributed by atoms with Crippen LogP contribution in [0.5, 0.6) is 0 Å². The number of amides is 1. The lowest BCUT2D eigenvalue weighted by Gasteiger charge is -2.03.